The minimum atomic E-state index is -0.434. The molecular formula is C18H18ClN3O. The molecule has 5 heteroatoms. The summed E-state index contributed by atoms with van der Waals surface area (Å²) in [7, 11) is 0. The van der Waals surface area contributed by atoms with Gasteiger partial charge in [0.1, 0.15) is 5.65 Å². The number of hydrogen-bond acceptors (Lipinski definition) is 2. The van der Waals surface area contributed by atoms with Crippen molar-refractivity contribution in [1.82, 2.24) is 9.38 Å². The van der Waals surface area contributed by atoms with Crippen LogP contribution in [0.25, 0.3) is 5.65 Å². The monoisotopic (exact) mass is 327 g/mol. The number of carbonyl (C=O) groups is 1. The van der Waals surface area contributed by atoms with E-state index < -0.39 is 5.91 Å². The lowest BCUT2D eigenvalue weighted by atomic mass is 10.0. The zero-order valence-electron chi connectivity index (χ0n) is 13.1. The zero-order chi connectivity index (χ0) is 16.6. The molecule has 0 saturated heterocycles. The number of hydrogen-bond donors (Lipinski definition) is 1. The van der Waals surface area contributed by atoms with Gasteiger partial charge >= 0.3 is 0 Å². The molecule has 2 N–H and O–H groups in total. The van der Waals surface area contributed by atoms with Crippen molar-refractivity contribution in [3.05, 3.63) is 69.6 Å². The number of carbonyl (C=O) groups excluding carboxylic acids is 1. The van der Waals surface area contributed by atoms with Crippen LogP contribution in [0.2, 0.25) is 5.02 Å². The summed E-state index contributed by atoms with van der Waals surface area (Å²) >= 11 is 5.91. The number of primary amides is 1. The van der Waals surface area contributed by atoms with Crippen LogP contribution in [0.1, 0.15) is 32.9 Å². The molecule has 2 heterocycles. The van der Waals surface area contributed by atoms with E-state index in [1.165, 1.54) is 5.56 Å². The predicted molar refractivity (Wildman–Crippen MR) is 92.0 cm³/mol. The summed E-state index contributed by atoms with van der Waals surface area (Å²) in [5.74, 6) is -0.434. The van der Waals surface area contributed by atoms with Crippen molar-refractivity contribution >= 4 is 23.2 Å². The molecule has 118 valence electrons. The topological polar surface area (TPSA) is 60.4 Å². The molecule has 2 aromatic heterocycles. The fraction of sp³-hybridized carbons (Fsp3) is 0.222. The first kappa shape index (κ1) is 15.6. The summed E-state index contributed by atoms with van der Waals surface area (Å²) in [6.45, 7) is 3.91. The van der Waals surface area contributed by atoms with E-state index in [4.69, 9.17) is 17.3 Å². The van der Waals surface area contributed by atoms with Gasteiger partial charge in [0, 0.05) is 22.6 Å². The number of fused-ring (bicyclic) bond motifs is 1. The van der Waals surface area contributed by atoms with Crippen molar-refractivity contribution in [2.24, 2.45) is 5.73 Å². The van der Waals surface area contributed by atoms with Crippen LogP contribution in [0.5, 0.6) is 0 Å². The smallest absolute Gasteiger partial charge is 0.252 e. The van der Waals surface area contributed by atoms with Crippen molar-refractivity contribution in [1.29, 1.82) is 0 Å². The third kappa shape index (κ3) is 3.08. The van der Waals surface area contributed by atoms with E-state index >= 15 is 0 Å². The Labute approximate surface area is 139 Å². The van der Waals surface area contributed by atoms with Crippen molar-refractivity contribution in [3.8, 4) is 0 Å². The molecule has 0 saturated carbocycles. The number of halogens is 1. The van der Waals surface area contributed by atoms with Gasteiger partial charge in [-0.05, 0) is 56.0 Å². The minimum Gasteiger partial charge on any atom is -0.365 e. The molecule has 0 aliphatic rings. The number of amides is 1. The second-order valence-corrected chi connectivity index (χ2v) is 6.19. The highest BCUT2D eigenvalue weighted by Gasteiger charge is 2.18. The Morgan fingerprint density at radius 2 is 1.91 bits per heavy atom. The first-order chi connectivity index (χ1) is 11.0. The van der Waals surface area contributed by atoms with E-state index in [2.05, 4.69) is 4.98 Å². The Hall–Kier alpha value is -2.33. The number of nitrogens with zero attached hydrogens (tertiary/aromatic N) is 2. The molecule has 0 aliphatic heterocycles. The van der Waals surface area contributed by atoms with Crippen LogP contribution in [0, 0.1) is 13.8 Å². The average Bonchev–Trinajstić information content (AvgIpc) is 2.85. The maximum Gasteiger partial charge on any atom is 0.252 e. The highest BCUT2D eigenvalue weighted by Crippen LogP contribution is 2.21. The van der Waals surface area contributed by atoms with E-state index in [0.717, 1.165) is 34.8 Å². The summed E-state index contributed by atoms with van der Waals surface area (Å²) in [4.78, 5) is 16.4. The predicted octanol–water partition coefficient (Wildman–Crippen LogP) is 3.49. The van der Waals surface area contributed by atoms with Crippen molar-refractivity contribution < 1.29 is 4.79 Å². The lowest BCUT2D eigenvalue weighted by molar-refractivity contribution is 0.100. The molecule has 3 rings (SSSR count). The van der Waals surface area contributed by atoms with Gasteiger partial charge in [0.15, 0.2) is 0 Å². The molecule has 0 spiro atoms. The second kappa shape index (κ2) is 6.05. The first-order valence-corrected chi connectivity index (χ1v) is 7.86. The molecule has 1 amide bonds. The summed E-state index contributed by atoms with van der Waals surface area (Å²) in [6.07, 6.45) is 3.50. The number of rotatable bonds is 4. The lowest BCUT2D eigenvalue weighted by Crippen LogP contribution is -2.14. The normalized spacial score (nSPS) is 11.1. The van der Waals surface area contributed by atoms with Crippen molar-refractivity contribution in [2.45, 2.75) is 26.7 Å². The SMILES string of the molecule is Cc1cc(C)n2cc(CCc3ccc(Cl)cc3)c(C(N)=O)c2n1. The van der Waals surface area contributed by atoms with Crippen LogP contribution >= 0.6 is 11.6 Å². The average molecular weight is 328 g/mol. The van der Waals surface area contributed by atoms with Crippen molar-refractivity contribution in [3.63, 3.8) is 0 Å². The Bertz CT molecular complexity index is 881. The van der Waals surface area contributed by atoms with Gasteiger partial charge < -0.3 is 10.1 Å². The third-order valence-electron chi connectivity index (χ3n) is 3.98. The third-order valence-corrected chi connectivity index (χ3v) is 4.23. The highest BCUT2D eigenvalue weighted by atomic mass is 35.5. The highest BCUT2D eigenvalue weighted by molar-refractivity contribution is 6.30. The summed E-state index contributed by atoms with van der Waals surface area (Å²) in [5, 5.41) is 0.719. The maximum absolute atomic E-state index is 11.9. The molecule has 0 radical (unpaired) electrons. The van der Waals surface area contributed by atoms with Gasteiger partial charge in [0.25, 0.3) is 5.91 Å². The quantitative estimate of drug-likeness (QED) is 0.797. The Morgan fingerprint density at radius 1 is 1.22 bits per heavy atom. The van der Waals surface area contributed by atoms with Gasteiger partial charge in [-0.15, -0.1) is 0 Å². The Morgan fingerprint density at radius 3 is 2.57 bits per heavy atom. The van der Waals surface area contributed by atoms with Gasteiger partial charge in [0.05, 0.1) is 5.56 Å². The first-order valence-electron chi connectivity index (χ1n) is 7.48. The fourth-order valence-electron chi connectivity index (χ4n) is 2.88. The van der Waals surface area contributed by atoms with Crippen LogP contribution in [-0.4, -0.2) is 15.3 Å². The van der Waals surface area contributed by atoms with Gasteiger partial charge in [-0.2, -0.15) is 0 Å². The summed E-state index contributed by atoms with van der Waals surface area (Å²) < 4.78 is 1.93. The van der Waals surface area contributed by atoms with E-state index in [-0.39, 0.29) is 0 Å². The second-order valence-electron chi connectivity index (χ2n) is 5.75. The van der Waals surface area contributed by atoms with Gasteiger partial charge in [0.2, 0.25) is 0 Å². The fourth-order valence-corrected chi connectivity index (χ4v) is 3.01. The van der Waals surface area contributed by atoms with Gasteiger partial charge in [-0.1, -0.05) is 23.7 Å². The van der Waals surface area contributed by atoms with E-state index in [1.54, 1.807) is 0 Å². The summed E-state index contributed by atoms with van der Waals surface area (Å²) in [6, 6.07) is 9.72. The van der Waals surface area contributed by atoms with Crippen LogP contribution < -0.4 is 5.73 Å². The molecule has 4 nitrogen and oxygen atoms in total. The standard InChI is InChI=1S/C18H18ClN3O/c1-11-9-12(2)22-10-14(16(17(20)23)18(22)21-11)6-3-13-4-7-15(19)8-5-13/h4-5,7-10H,3,6H2,1-2H3,(H2,20,23). The van der Waals surface area contributed by atoms with E-state index in [0.29, 0.717) is 11.2 Å². The molecule has 3 aromatic rings. The number of aryl methyl sites for hydroxylation is 4. The minimum absolute atomic E-state index is 0.434. The van der Waals surface area contributed by atoms with Crippen molar-refractivity contribution in [2.75, 3.05) is 0 Å². The van der Waals surface area contributed by atoms with Crippen LogP contribution in [0.15, 0.2) is 36.5 Å². The largest absolute Gasteiger partial charge is 0.365 e. The molecule has 0 unspecified atom stereocenters. The Kier molecular flexibility index (Phi) is 4.09. The Balaban J connectivity index is 1.99. The molecule has 1 aromatic carbocycles. The summed E-state index contributed by atoms with van der Waals surface area (Å²) in [5.41, 5.74) is 10.8. The number of nitrogens with two attached hydrogens (primary N) is 1. The molecule has 0 fully saturated rings. The molecule has 0 atom stereocenters. The zero-order valence-corrected chi connectivity index (χ0v) is 13.9. The van der Waals surface area contributed by atoms with Crippen LogP contribution in [-0.2, 0) is 12.8 Å². The molecular weight excluding hydrogens is 310 g/mol. The van der Waals surface area contributed by atoms with E-state index in [1.807, 2.05) is 54.8 Å². The van der Waals surface area contributed by atoms with Crippen LogP contribution in [0.3, 0.4) is 0 Å². The number of aromatic nitrogens is 2. The van der Waals surface area contributed by atoms with Gasteiger partial charge in [-0.3, -0.25) is 4.79 Å². The lowest BCUT2D eigenvalue weighted by Gasteiger charge is -2.03. The molecule has 0 aliphatic carbocycles. The number of benzene rings is 1. The maximum atomic E-state index is 11.9. The molecule has 23 heavy (non-hydrogen) atoms. The van der Waals surface area contributed by atoms with Gasteiger partial charge in [-0.25, -0.2) is 4.98 Å². The molecule has 0 bridgehead atoms. The van der Waals surface area contributed by atoms with Crippen LogP contribution in [0.4, 0.5) is 0 Å². The van der Waals surface area contributed by atoms with E-state index in [9.17, 15) is 4.79 Å².